The van der Waals surface area contributed by atoms with Gasteiger partial charge < -0.3 is 9.64 Å². The van der Waals surface area contributed by atoms with E-state index in [0.29, 0.717) is 6.54 Å². The van der Waals surface area contributed by atoms with Gasteiger partial charge in [0.25, 0.3) is 0 Å². The molecule has 4 rings (SSSR count). The molecule has 1 amide bonds. The monoisotopic (exact) mass is 367 g/mol. The Balaban J connectivity index is 1.74. The van der Waals surface area contributed by atoms with Crippen LogP contribution in [0, 0.1) is 0 Å². The third-order valence-corrected chi connectivity index (χ3v) is 5.67. The van der Waals surface area contributed by atoms with E-state index in [1.54, 1.807) is 23.3 Å². The van der Waals surface area contributed by atoms with Gasteiger partial charge in [-0.2, -0.15) is 0 Å². The Bertz CT molecular complexity index is 940. The number of hydrogen-bond donors (Lipinski definition) is 0. The molecule has 0 aliphatic carbocycles. The second-order valence-corrected chi connectivity index (χ2v) is 7.51. The van der Waals surface area contributed by atoms with E-state index in [2.05, 4.69) is 22.4 Å². The number of carbonyl (C=O) groups excluding carboxylic acids is 1. The van der Waals surface area contributed by atoms with Crippen LogP contribution < -0.4 is 4.74 Å². The van der Waals surface area contributed by atoms with Gasteiger partial charge >= 0.3 is 0 Å². The van der Waals surface area contributed by atoms with Crippen LogP contribution in [0.3, 0.4) is 0 Å². The van der Waals surface area contributed by atoms with Crippen LogP contribution in [0.25, 0.3) is 21.5 Å². The minimum atomic E-state index is 0.174. The first-order valence-electron chi connectivity index (χ1n) is 8.62. The number of likely N-dealkylation sites (N-methyl/N-ethyl adjacent to an activating group) is 1. The number of thiophene rings is 1. The minimum Gasteiger partial charge on any atom is -0.497 e. The van der Waals surface area contributed by atoms with Crippen LogP contribution in [0.15, 0.2) is 41.8 Å². The Labute approximate surface area is 156 Å². The predicted octanol–water partition coefficient (Wildman–Crippen LogP) is 3.25. The predicted molar refractivity (Wildman–Crippen MR) is 105 cm³/mol. The van der Waals surface area contributed by atoms with Crippen molar-refractivity contribution in [1.82, 2.24) is 14.8 Å². The quantitative estimate of drug-likeness (QED) is 0.710. The SMILES string of the molecule is COc1ccc2cc(CN3CCN(C)C(=O)C3)c(-c3cccs3)nc2c1. The van der Waals surface area contributed by atoms with Crippen molar-refractivity contribution < 1.29 is 9.53 Å². The maximum atomic E-state index is 12.0. The average Bonchev–Trinajstić information content (AvgIpc) is 3.18. The number of piperazine rings is 1. The van der Waals surface area contributed by atoms with Gasteiger partial charge in [0.15, 0.2) is 0 Å². The number of pyridine rings is 1. The molecule has 2 aromatic heterocycles. The molecule has 0 saturated carbocycles. The number of ether oxygens (including phenoxy) is 1. The molecule has 0 N–H and O–H groups in total. The smallest absolute Gasteiger partial charge is 0.236 e. The summed E-state index contributed by atoms with van der Waals surface area (Å²) < 4.78 is 5.34. The fraction of sp³-hybridized carbons (Fsp3) is 0.300. The van der Waals surface area contributed by atoms with Gasteiger partial charge in [-0.3, -0.25) is 9.69 Å². The first-order chi connectivity index (χ1) is 12.6. The number of aromatic nitrogens is 1. The second kappa shape index (κ2) is 7.05. The van der Waals surface area contributed by atoms with E-state index in [1.807, 2.05) is 31.3 Å². The molecule has 0 radical (unpaired) electrons. The Hall–Kier alpha value is -2.44. The van der Waals surface area contributed by atoms with E-state index in [-0.39, 0.29) is 5.91 Å². The van der Waals surface area contributed by atoms with Gasteiger partial charge in [0.2, 0.25) is 5.91 Å². The summed E-state index contributed by atoms with van der Waals surface area (Å²) in [4.78, 5) is 22.1. The second-order valence-electron chi connectivity index (χ2n) is 6.56. The molecule has 0 unspecified atom stereocenters. The Kier molecular flexibility index (Phi) is 4.61. The summed E-state index contributed by atoms with van der Waals surface area (Å²) >= 11 is 1.68. The molecule has 3 aromatic rings. The highest BCUT2D eigenvalue weighted by Gasteiger charge is 2.22. The van der Waals surface area contributed by atoms with Crippen molar-refractivity contribution in [3.05, 3.63) is 47.3 Å². The standard InChI is InChI=1S/C20H21N3O2S/c1-22-7-8-23(13-19(22)24)12-15-10-14-5-6-16(25-2)11-17(14)21-20(15)18-4-3-9-26-18/h3-6,9-11H,7-8,12-13H2,1-2H3. The van der Waals surface area contributed by atoms with Gasteiger partial charge in [-0.15, -0.1) is 11.3 Å². The van der Waals surface area contributed by atoms with Gasteiger partial charge in [-0.05, 0) is 35.2 Å². The molecule has 1 aromatic carbocycles. The van der Waals surface area contributed by atoms with Gasteiger partial charge in [0.05, 0.1) is 29.7 Å². The first kappa shape index (κ1) is 17.0. The lowest BCUT2D eigenvalue weighted by molar-refractivity contribution is -0.134. The maximum Gasteiger partial charge on any atom is 0.236 e. The third kappa shape index (κ3) is 3.30. The fourth-order valence-electron chi connectivity index (χ4n) is 3.25. The number of rotatable bonds is 4. The van der Waals surface area contributed by atoms with Crippen LogP contribution in [0.5, 0.6) is 5.75 Å². The van der Waals surface area contributed by atoms with Crippen molar-refractivity contribution in [2.75, 3.05) is 33.8 Å². The third-order valence-electron chi connectivity index (χ3n) is 4.79. The topological polar surface area (TPSA) is 45.7 Å². The van der Waals surface area contributed by atoms with E-state index in [9.17, 15) is 4.79 Å². The number of methoxy groups -OCH3 is 1. The summed E-state index contributed by atoms with van der Waals surface area (Å²) in [6, 6.07) is 12.3. The summed E-state index contributed by atoms with van der Waals surface area (Å²) in [6.45, 7) is 2.83. The zero-order valence-corrected chi connectivity index (χ0v) is 15.8. The van der Waals surface area contributed by atoms with Gasteiger partial charge in [-0.25, -0.2) is 4.98 Å². The van der Waals surface area contributed by atoms with Crippen molar-refractivity contribution in [2.45, 2.75) is 6.54 Å². The molecule has 5 nitrogen and oxygen atoms in total. The van der Waals surface area contributed by atoms with Crippen molar-refractivity contribution in [3.63, 3.8) is 0 Å². The van der Waals surface area contributed by atoms with Crippen LogP contribution in [0.1, 0.15) is 5.56 Å². The van der Waals surface area contributed by atoms with E-state index in [4.69, 9.17) is 9.72 Å². The highest BCUT2D eigenvalue weighted by atomic mass is 32.1. The molecule has 26 heavy (non-hydrogen) atoms. The molecule has 3 heterocycles. The summed E-state index contributed by atoms with van der Waals surface area (Å²) in [5.74, 6) is 0.979. The van der Waals surface area contributed by atoms with Crippen molar-refractivity contribution in [3.8, 4) is 16.3 Å². The molecular formula is C20H21N3O2S. The first-order valence-corrected chi connectivity index (χ1v) is 9.50. The molecule has 1 fully saturated rings. The molecule has 0 bridgehead atoms. The highest BCUT2D eigenvalue weighted by molar-refractivity contribution is 7.13. The number of benzene rings is 1. The number of nitrogens with zero attached hydrogens (tertiary/aromatic N) is 3. The van der Waals surface area contributed by atoms with E-state index in [0.717, 1.165) is 52.4 Å². The molecular weight excluding hydrogens is 346 g/mol. The number of amides is 1. The summed E-state index contributed by atoms with van der Waals surface area (Å²) in [5.41, 5.74) is 3.07. The van der Waals surface area contributed by atoms with Crippen LogP contribution in [-0.2, 0) is 11.3 Å². The zero-order chi connectivity index (χ0) is 18.1. The largest absolute Gasteiger partial charge is 0.497 e. The van der Waals surface area contributed by atoms with Gasteiger partial charge in [0.1, 0.15) is 5.75 Å². The highest BCUT2D eigenvalue weighted by Crippen LogP contribution is 2.31. The normalized spacial score (nSPS) is 15.6. The molecule has 6 heteroatoms. The van der Waals surface area contributed by atoms with Crippen molar-refractivity contribution in [2.24, 2.45) is 0 Å². The minimum absolute atomic E-state index is 0.174. The average molecular weight is 367 g/mol. The number of hydrogen-bond acceptors (Lipinski definition) is 5. The Morgan fingerprint density at radius 1 is 1.23 bits per heavy atom. The van der Waals surface area contributed by atoms with E-state index >= 15 is 0 Å². The summed E-state index contributed by atoms with van der Waals surface area (Å²) in [5, 5.41) is 3.15. The van der Waals surface area contributed by atoms with E-state index in [1.165, 1.54) is 0 Å². The summed E-state index contributed by atoms with van der Waals surface area (Å²) in [7, 11) is 3.53. The van der Waals surface area contributed by atoms with Crippen molar-refractivity contribution >= 4 is 28.1 Å². The fourth-order valence-corrected chi connectivity index (χ4v) is 4.00. The Morgan fingerprint density at radius 2 is 2.12 bits per heavy atom. The lowest BCUT2D eigenvalue weighted by Crippen LogP contribution is -2.48. The molecule has 0 spiro atoms. The maximum absolute atomic E-state index is 12.0. The number of carbonyl (C=O) groups is 1. The van der Waals surface area contributed by atoms with E-state index < -0.39 is 0 Å². The number of fused-ring (bicyclic) bond motifs is 1. The lowest BCUT2D eigenvalue weighted by atomic mass is 10.1. The Morgan fingerprint density at radius 3 is 2.85 bits per heavy atom. The molecule has 134 valence electrons. The van der Waals surface area contributed by atoms with Crippen LogP contribution in [0.4, 0.5) is 0 Å². The molecule has 1 aliphatic heterocycles. The van der Waals surface area contributed by atoms with Gasteiger partial charge in [0, 0.05) is 38.1 Å². The zero-order valence-electron chi connectivity index (χ0n) is 14.9. The van der Waals surface area contributed by atoms with Gasteiger partial charge in [-0.1, -0.05) is 6.07 Å². The van der Waals surface area contributed by atoms with Crippen molar-refractivity contribution in [1.29, 1.82) is 0 Å². The summed E-state index contributed by atoms with van der Waals surface area (Å²) in [6.07, 6.45) is 0. The molecule has 1 saturated heterocycles. The van der Waals surface area contributed by atoms with Crippen LogP contribution in [-0.4, -0.2) is 54.5 Å². The lowest BCUT2D eigenvalue weighted by Gasteiger charge is -2.32. The van der Waals surface area contributed by atoms with Crippen LogP contribution >= 0.6 is 11.3 Å². The molecule has 0 atom stereocenters. The van der Waals surface area contributed by atoms with Crippen LogP contribution in [0.2, 0.25) is 0 Å². The molecule has 1 aliphatic rings.